The predicted octanol–water partition coefficient (Wildman–Crippen LogP) is 2.60. The summed E-state index contributed by atoms with van der Waals surface area (Å²) in [6, 6.07) is 11.3. The fourth-order valence-electron chi connectivity index (χ4n) is 4.49. The predicted molar refractivity (Wildman–Crippen MR) is 109 cm³/mol. The Morgan fingerprint density at radius 3 is 2.93 bits per heavy atom. The van der Waals surface area contributed by atoms with Gasteiger partial charge in [-0.1, -0.05) is 12.0 Å². The van der Waals surface area contributed by atoms with E-state index in [1.807, 2.05) is 41.0 Å². The molecule has 0 bridgehead atoms. The average molecular weight is 370 g/mol. The normalized spacial score (nSPS) is 21.5. The van der Waals surface area contributed by atoms with Gasteiger partial charge >= 0.3 is 0 Å². The second-order valence-corrected chi connectivity index (χ2v) is 7.95. The van der Waals surface area contributed by atoms with Gasteiger partial charge in [0.1, 0.15) is 11.5 Å². The van der Waals surface area contributed by atoms with E-state index in [4.69, 9.17) is 4.98 Å². The molecule has 140 valence electrons. The van der Waals surface area contributed by atoms with Crippen LogP contribution in [0.15, 0.2) is 47.4 Å². The van der Waals surface area contributed by atoms with Gasteiger partial charge < -0.3 is 0 Å². The summed E-state index contributed by atoms with van der Waals surface area (Å²) >= 11 is 0. The average Bonchev–Trinajstić information content (AvgIpc) is 3.01. The minimum Gasteiger partial charge on any atom is -0.296 e. The molecule has 1 unspecified atom stereocenters. The summed E-state index contributed by atoms with van der Waals surface area (Å²) in [4.78, 5) is 24.8. The lowest BCUT2D eigenvalue weighted by atomic mass is 9.99. The number of benzene rings is 1. The molecule has 5 nitrogen and oxygen atoms in total. The fraction of sp³-hybridized carbons (Fsp3) is 0.348. The van der Waals surface area contributed by atoms with Crippen LogP contribution >= 0.6 is 0 Å². The van der Waals surface area contributed by atoms with E-state index in [2.05, 4.69) is 28.6 Å². The molecule has 1 fully saturated rings. The summed E-state index contributed by atoms with van der Waals surface area (Å²) in [5.41, 5.74) is 2.44. The number of fused-ring (bicyclic) bond motifs is 3. The van der Waals surface area contributed by atoms with Crippen molar-refractivity contribution >= 4 is 10.9 Å². The first-order chi connectivity index (χ1) is 13.6. The highest BCUT2D eigenvalue weighted by molar-refractivity contribution is 5.79. The van der Waals surface area contributed by atoms with E-state index >= 15 is 0 Å². The van der Waals surface area contributed by atoms with E-state index < -0.39 is 0 Å². The third-order valence-corrected chi connectivity index (χ3v) is 6.05. The van der Waals surface area contributed by atoms with Crippen LogP contribution in [0.25, 0.3) is 10.9 Å². The molecule has 0 spiro atoms. The van der Waals surface area contributed by atoms with Gasteiger partial charge in [0, 0.05) is 36.8 Å². The lowest BCUT2D eigenvalue weighted by molar-refractivity contribution is 0.148. The van der Waals surface area contributed by atoms with Crippen molar-refractivity contribution in [3.8, 4) is 11.8 Å². The highest BCUT2D eigenvalue weighted by atomic mass is 16.1. The summed E-state index contributed by atoms with van der Waals surface area (Å²) in [5, 5.41) is 0.669. The number of rotatable bonds is 0. The molecule has 5 heteroatoms. The van der Waals surface area contributed by atoms with Crippen molar-refractivity contribution < 1.29 is 0 Å². The molecule has 1 atom stereocenters. The van der Waals surface area contributed by atoms with Gasteiger partial charge in [-0.15, -0.1) is 0 Å². The Kier molecular flexibility index (Phi) is 4.03. The van der Waals surface area contributed by atoms with Crippen molar-refractivity contribution in [3.63, 3.8) is 0 Å². The van der Waals surface area contributed by atoms with Crippen LogP contribution in [0, 0.1) is 11.8 Å². The van der Waals surface area contributed by atoms with E-state index in [1.54, 1.807) is 6.20 Å². The second kappa shape index (κ2) is 6.57. The summed E-state index contributed by atoms with van der Waals surface area (Å²) in [5.74, 6) is 7.09. The van der Waals surface area contributed by atoms with Gasteiger partial charge in [-0.3, -0.25) is 14.3 Å². The molecule has 1 saturated heterocycles. The van der Waals surface area contributed by atoms with E-state index in [0.29, 0.717) is 5.39 Å². The number of nitrogens with zero attached hydrogens (tertiary/aromatic N) is 4. The minimum atomic E-state index is 0.0680. The van der Waals surface area contributed by atoms with Gasteiger partial charge in [0.15, 0.2) is 0 Å². The third kappa shape index (κ3) is 2.90. The van der Waals surface area contributed by atoms with E-state index in [-0.39, 0.29) is 11.1 Å². The Morgan fingerprint density at radius 1 is 1.14 bits per heavy atom. The third-order valence-electron chi connectivity index (χ3n) is 6.05. The van der Waals surface area contributed by atoms with Crippen LogP contribution < -0.4 is 5.56 Å². The molecule has 0 radical (unpaired) electrons. The molecular weight excluding hydrogens is 348 g/mol. The van der Waals surface area contributed by atoms with Crippen LogP contribution in [0.3, 0.4) is 0 Å². The van der Waals surface area contributed by atoms with Gasteiger partial charge in [0.25, 0.3) is 5.56 Å². The van der Waals surface area contributed by atoms with Crippen LogP contribution in [-0.4, -0.2) is 38.1 Å². The molecule has 3 aromatic rings. The molecule has 2 aliphatic heterocycles. The summed E-state index contributed by atoms with van der Waals surface area (Å²) in [6.07, 6.45) is 4.89. The van der Waals surface area contributed by atoms with E-state index in [9.17, 15) is 4.79 Å². The molecule has 0 aliphatic carbocycles. The number of hydrogen-bond donors (Lipinski definition) is 0. The first kappa shape index (κ1) is 17.2. The fourth-order valence-corrected chi connectivity index (χ4v) is 4.49. The zero-order valence-corrected chi connectivity index (χ0v) is 16.0. The molecule has 0 saturated carbocycles. The zero-order valence-electron chi connectivity index (χ0n) is 16.0. The van der Waals surface area contributed by atoms with Gasteiger partial charge in [-0.05, 0) is 62.6 Å². The van der Waals surface area contributed by atoms with Crippen molar-refractivity contribution in [1.29, 1.82) is 0 Å². The molecule has 2 aromatic heterocycles. The Labute approximate surface area is 164 Å². The zero-order chi connectivity index (χ0) is 19.1. The number of aromatic nitrogens is 3. The molecule has 28 heavy (non-hydrogen) atoms. The second-order valence-electron chi connectivity index (χ2n) is 7.95. The van der Waals surface area contributed by atoms with Crippen LogP contribution in [0.1, 0.15) is 36.8 Å². The Balaban J connectivity index is 1.57. The lowest BCUT2D eigenvalue weighted by Crippen LogP contribution is -2.45. The van der Waals surface area contributed by atoms with Crippen molar-refractivity contribution in [2.75, 3.05) is 13.1 Å². The maximum absolute atomic E-state index is 13.2. The first-order valence-corrected chi connectivity index (χ1v) is 9.84. The Morgan fingerprint density at radius 2 is 2.07 bits per heavy atom. The molecule has 0 amide bonds. The molecule has 2 aliphatic rings. The minimum absolute atomic E-state index is 0.0680. The molecular formula is C23H22N4O. The summed E-state index contributed by atoms with van der Waals surface area (Å²) < 4.78 is 1.91. The van der Waals surface area contributed by atoms with Crippen LogP contribution in [0.2, 0.25) is 0 Å². The quantitative estimate of drug-likeness (QED) is 0.571. The number of hydrogen-bond acceptors (Lipinski definition) is 4. The smallest absolute Gasteiger partial charge is 0.261 e. The highest BCUT2D eigenvalue weighted by Crippen LogP contribution is 2.32. The Bertz CT molecular complexity index is 1170. The van der Waals surface area contributed by atoms with Crippen LogP contribution in [0.5, 0.6) is 0 Å². The first-order valence-electron chi connectivity index (χ1n) is 9.84. The number of pyridine rings is 1. The van der Waals surface area contributed by atoms with Crippen LogP contribution in [-0.2, 0) is 13.0 Å². The summed E-state index contributed by atoms with van der Waals surface area (Å²) in [6.45, 7) is 5.09. The van der Waals surface area contributed by atoms with Crippen molar-refractivity contribution in [3.05, 3.63) is 70.0 Å². The van der Waals surface area contributed by atoms with Crippen LogP contribution in [0.4, 0.5) is 0 Å². The largest absolute Gasteiger partial charge is 0.296 e. The standard InChI is InChI=1S/C23H22N4O/c1-23-11-4-13-26(23)14-10-21-25-20-15-17(6-8-18-5-2-3-12-24-18)7-9-19(20)22(28)27(21)16-23/h2-3,5,7,9,12,15H,4,10-11,13-14,16H2,1H3. The topological polar surface area (TPSA) is 51.0 Å². The van der Waals surface area contributed by atoms with Gasteiger partial charge in [0.2, 0.25) is 0 Å². The van der Waals surface area contributed by atoms with Gasteiger partial charge in [-0.2, -0.15) is 0 Å². The lowest BCUT2D eigenvalue weighted by Gasteiger charge is -2.33. The van der Waals surface area contributed by atoms with E-state index in [1.165, 1.54) is 6.42 Å². The van der Waals surface area contributed by atoms with Gasteiger partial charge in [0.05, 0.1) is 10.9 Å². The Hall–Kier alpha value is -2.97. The van der Waals surface area contributed by atoms with Crippen molar-refractivity contribution in [1.82, 2.24) is 19.4 Å². The molecule has 0 N–H and O–H groups in total. The SMILES string of the molecule is CC12CCCN1CCc1nc3cc(C#Cc4ccccn4)ccc3c(=O)n1C2. The molecule has 5 rings (SSSR count). The molecule has 1 aromatic carbocycles. The monoisotopic (exact) mass is 370 g/mol. The van der Waals surface area contributed by atoms with Crippen molar-refractivity contribution in [2.24, 2.45) is 0 Å². The van der Waals surface area contributed by atoms with Crippen molar-refractivity contribution in [2.45, 2.75) is 38.3 Å². The molecule has 4 heterocycles. The van der Waals surface area contributed by atoms with Gasteiger partial charge in [-0.25, -0.2) is 9.97 Å². The maximum atomic E-state index is 13.2. The maximum Gasteiger partial charge on any atom is 0.261 e. The van der Waals surface area contributed by atoms with E-state index in [0.717, 1.165) is 55.1 Å². The summed E-state index contributed by atoms with van der Waals surface area (Å²) in [7, 11) is 0. The highest BCUT2D eigenvalue weighted by Gasteiger charge is 2.39.